The van der Waals surface area contributed by atoms with E-state index >= 15 is 0 Å². The van der Waals surface area contributed by atoms with E-state index in [1.165, 1.54) is 12.8 Å². The molecule has 3 heterocycles. The summed E-state index contributed by atoms with van der Waals surface area (Å²) in [7, 11) is 0. The summed E-state index contributed by atoms with van der Waals surface area (Å²) in [6.45, 7) is 6.53. The first kappa shape index (κ1) is 19.9. The first-order valence-electron chi connectivity index (χ1n) is 9.11. The highest BCUT2D eigenvalue weighted by molar-refractivity contribution is 5.85. The highest BCUT2D eigenvalue weighted by Crippen LogP contribution is 2.19. The average molecular weight is 363 g/mol. The van der Waals surface area contributed by atoms with Crippen molar-refractivity contribution in [3.63, 3.8) is 0 Å². The van der Waals surface area contributed by atoms with Crippen LogP contribution in [0.15, 0.2) is 0 Å². The van der Waals surface area contributed by atoms with Gasteiger partial charge in [-0.05, 0) is 39.0 Å². The second-order valence-corrected chi connectivity index (χ2v) is 6.85. The first-order chi connectivity index (χ1) is 11.2. The van der Waals surface area contributed by atoms with Crippen molar-refractivity contribution in [2.24, 2.45) is 0 Å². The van der Waals surface area contributed by atoms with Crippen LogP contribution in [0.5, 0.6) is 0 Å². The van der Waals surface area contributed by atoms with Crippen molar-refractivity contribution >= 4 is 18.3 Å². The minimum atomic E-state index is -0.197. The van der Waals surface area contributed by atoms with Crippen molar-refractivity contribution in [3.8, 4) is 0 Å². The van der Waals surface area contributed by atoms with Gasteiger partial charge in [-0.3, -0.25) is 4.79 Å². The van der Waals surface area contributed by atoms with Gasteiger partial charge in [-0.25, -0.2) is 0 Å². The van der Waals surface area contributed by atoms with Crippen LogP contribution >= 0.6 is 12.4 Å². The molecule has 0 aromatic rings. The van der Waals surface area contributed by atoms with Gasteiger partial charge in [0.05, 0.1) is 31.5 Å². The molecule has 0 aliphatic carbocycles. The van der Waals surface area contributed by atoms with Crippen LogP contribution in [0.25, 0.3) is 0 Å². The molecule has 0 saturated carbocycles. The Labute approximate surface area is 151 Å². The second-order valence-electron chi connectivity index (χ2n) is 6.85. The molecule has 0 aromatic carbocycles. The van der Waals surface area contributed by atoms with Gasteiger partial charge in [0.15, 0.2) is 0 Å². The number of nitrogens with zero attached hydrogens (tertiary/aromatic N) is 1. The molecule has 140 valence electrons. The van der Waals surface area contributed by atoms with Crippen LogP contribution in [0.3, 0.4) is 0 Å². The molecule has 3 aliphatic heterocycles. The zero-order valence-corrected chi connectivity index (χ0v) is 15.4. The predicted octanol–water partition coefficient (Wildman–Crippen LogP) is 1.36. The van der Waals surface area contributed by atoms with Crippen molar-refractivity contribution in [1.82, 2.24) is 10.2 Å². The Morgan fingerprint density at radius 1 is 1.17 bits per heavy atom. The lowest BCUT2D eigenvalue weighted by Crippen LogP contribution is -2.57. The van der Waals surface area contributed by atoms with Gasteiger partial charge in [0.2, 0.25) is 5.91 Å². The lowest BCUT2D eigenvalue weighted by Gasteiger charge is -2.37. The van der Waals surface area contributed by atoms with E-state index in [1.807, 2.05) is 11.8 Å². The van der Waals surface area contributed by atoms with Crippen LogP contribution in [-0.4, -0.2) is 74.6 Å². The molecule has 1 amide bonds. The third kappa shape index (κ3) is 5.30. The van der Waals surface area contributed by atoms with E-state index in [0.717, 1.165) is 45.5 Å². The van der Waals surface area contributed by atoms with Crippen LogP contribution in [0.2, 0.25) is 0 Å². The Balaban J connectivity index is 0.00000208. The van der Waals surface area contributed by atoms with Crippen LogP contribution < -0.4 is 5.32 Å². The maximum absolute atomic E-state index is 12.6. The normalized spacial score (nSPS) is 32.2. The summed E-state index contributed by atoms with van der Waals surface area (Å²) < 4.78 is 17.3. The van der Waals surface area contributed by atoms with Crippen molar-refractivity contribution in [3.05, 3.63) is 0 Å². The Hall–Kier alpha value is -0.400. The molecule has 24 heavy (non-hydrogen) atoms. The highest BCUT2D eigenvalue weighted by atomic mass is 35.5. The molecule has 3 saturated heterocycles. The lowest BCUT2D eigenvalue weighted by atomic mass is 10.0. The van der Waals surface area contributed by atoms with E-state index in [4.69, 9.17) is 14.2 Å². The molecule has 7 heteroatoms. The Kier molecular flexibility index (Phi) is 8.23. The topological polar surface area (TPSA) is 60.0 Å². The number of carbonyl (C=O) groups is 1. The molecular formula is C17H31ClN2O4. The van der Waals surface area contributed by atoms with Crippen LogP contribution in [0.1, 0.15) is 39.0 Å². The summed E-state index contributed by atoms with van der Waals surface area (Å²) in [6, 6.07) is -0.197. The molecule has 0 bridgehead atoms. The summed E-state index contributed by atoms with van der Waals surface area (Å²) in [4.78, 5) is 14.6. The number of hydrogen-bond acceptors (Lipinski definition) is 5. The number of piperidine rings is 1. The third-order valence-electron chi connectivity index (χ3n) is 5.13. The third-order valence-corrected chi connectivity index (χ3v) is 5.13. The van der Waals surface area contributed by atoms with Crippen molar-refractivity contribution in [2.75, 3.05) is 39.5 Å². The fourth-order valence-corrected chi connectivity index (χ4v) is 3.63. The minimum Gasteiger partial charge on any atom is -0.376 e. The second kappa shape index (κ2) is 9.92. The van der Waals surface area contributed by atoms with Gasteiger partial charge in [-0.2, -0.15) is 0 Å². The Bertz CT molecular complexity index is 385. The van der Waals surface area contributed by atoms with Gasteiger partial charge in [0.25, 0.3) is 0 Å². The molecule has 1 unspecified atom stereocenters. The quantitative estimate of drug-likeness (QED) is 0.818. The number of nitrogens with one attached hydrogen (secondary N) is 1. The van der Waals surface area contributed by atoms with Crippen LogP contribution in [0, 0.1) is 0 Å². The number of likely N-dealkylation sites (tertiary alicyclic amines) is 1. The van der Waals surface area contributed by atoms with E-state index in [0.29, 0.717) is 13.2 Å². The number of rotatable bonds is 4. The van der Waals surface area contributed by atoms with Gasteiger partial charge in [-0.15, -0.1) is 12.4 Å². The summed E-state index contributed by atoms with van der Waals surface area (Å²) in [6.07, 6.45) is 5.85. The number of halogens is 1. The van der Waals surface area contributed by atoms with E-state index in [1.54, 1.807) is 0 Å². The van der Waals surface area contributed by atoms with E-state index in [2.05, 4.69) is 5.32 Å². The summed E-state index contributed by atoms with van der Waals surface area (Å²) in [5, 5.41) is 3.28. The number of morpholine rings is 1. The monoisotopic (exact) mass is 362 g/mol. The number of carbonyl (C=O) groups excluding carboxylic acids is 1. The van der Waals surface area contributed by atoms with E-state index in [-0.39, 0.29) is 42.7 Å². The smallest absolute Gasteiger partial charge is 0.242 e. The average Bonchev–Trinajstić information content (AvgIpc) is 2.61. The Morgan fingerprint density at radius 2 is 1.96 bits per heavy atom. The SMILES string of the molecule is C[C@H]1OCCN[C@@H]1C(=O)N1CCC(OCC2CCCCO2)CC1.Cl. The fourth-order valence-electron chi connectivity index (χ4n) is 3.63. The van der Waals surface area contributed by atoms with Crippen LogP contribution in [-0.2, 0) is 19.0 Å². The molecule has 0 radical (unpaired) electrons. The molecule has 0 aromatic heterocycles. The largest absolute Gasteiger partial charge is 0.376 e. The maximum Gasteiger partial charge on any atom is 0.242 e. The number of ether oxygens (including phenoxy) is 3. The van der Waals surface area contributed by atoms with E-state index in [9.17, 15) is 4.79 Å². The van der Waals surface area contributed by atoms with Gasteiger partial charge in [-0.1, -0.05) is 0 Å². The minimum absolute atomic E-state index is 0. The fraction of sp³-hybridized carbons (Fsp3) is 0.941. The summed E-state index contributed by atoms with van der Waals surface area (Å²) >= 11 is 0. The zero-order chi connectivity index (χ0) is 16.1. The molecule has 0 spiro atoms. The summed E-state index contributed by atoms with van der Waals surface area (Å²) in [5.74, 6) is 0.172. The standard InChI is InChI=1S/C17H30N2O4.ClH/c1-13-16(18-7-11-21-13)17(20)19-8-5-14(6-9-19)23-12-15-4-2-3-10-22-15;/h13-16,18H,2-12H2,1H3;1H/t13-,15?,16+;/m1./s1. The molecule has 3 aliphatic rings. The molecule has 3 fully saturated rings. The number of hydrogen-bond donors (Lipinski definition) is 1. The van der Waals surface area contributed by atoms with Gasteiger partial charge < -0.3 is 24.4 Å². The Morgan fingerprint density at radius 3 is 2.62 bits per heavy atom. The van der Waals surface area contributed by atoms with Gasteiger partial charge in [0, 0.05) is 26.2 Å². The number of amides is 1. The predicted molar refractivity (Wildman–Crippen MR) is 93.6 cm³/mol. The molecule has 3 rings (SSSR count). The lowest BCUT2D eigenvalue weighted by molar-refractivity contribution is -0.142. The molecule has 6 nitrogen and oxygen atoms in total. The van der Waals surface area contributed by atoms with Crippen LogP contribution in [0.4, 0.5) is 0 Å². The maximum atomic E-state index is 12.6. The van der Waals surface area contributed by atoms with E-state index < -0.39 is 0 Å². The summed E-state index contributed by atoms with van der Waals surface area (Å²) in [5.41, 5.74) is 0. The van der Waals surface area contributed by atoms with Gasteiger partial charge in [0.1, 0.15) is 6.04 Å². The highest BCUT2D eigenvalue weighted by Gasteiger charge is 2.33. The first-order valence-corrected chi connectivity index (χ1v) is 9.11. The van der Waals surface area contributed by atoms with Crippen molar-refractivity contribution in [1.29, 1.82) is 0 Å². The molecule has 1 N–H and O–H groups in total. The van der Waals surface area contributed by atoms with Gasteiger partial charge >= 0.3 is 0 Å². The van der Waals surface area contributed by atoms with Crippen molar-refractivity contribution < 1.29 is 19.0 Å². The molecule has 3 atom stereocenters. The van der Waals surface area contributed by atoms with Crippen molar-refractivity contribution in [2.45, 2.75) is 63.4 Å². The molecular weight excluding hydrogens is 332 g/mol. The zero-order valence-electron chi connectivity index (χ0n) is 14.6.